The minimum Gasteiger partial charge on any atom is -0.477 e. The molecule has 0 spiro atoms. The van der Waals surface area contributed by atoms with Crippen LogP contribution in [-0.4, -0.2) is 27.5 Å². The van der Waals surface area contributed by atoms with Crippen molar-refractivity contribution >= 4 is 28.5 Å². The van der Waals surface area contributed by atoms with Gasteiger partial charge >= 0.3 is 0 Å². The summed E-state index contributed by atoms with van der Waals surface area (Å²) < 4.78 is 5.69. The van der Waals surface area contributed by atoms with Crippen LogP contribution < -0.4 is 10.1 Å². The van der Waals surface area contributed by atoms with Crippen molar-refractivity contribution in [3.05, 3.63) is 52.9 Å². The number of amides is 1. The number of imidazole rings is 1. The number of halogens is 1. The highest BCUT2D eigenvalue weighted by atomic mass is 35.5. The Morgan fingerprint density at radius 2 is 2.20 bits per heavy atom. The van der Waals surface area contributed by atoms with E-state index in [1.165, 1.54) is 0 Å². The van der Waals surface area contributed by atoms with Crippen LogP contribution in [0.3, 0.4) is 0 Å². The summed E-state index contributed by atoms with van der Waals surface area (Å²) in [7, 11) is 0. The van der Waals surface area contributed by atoms with Crippen molar-refractivity contribution in [3.63, 3.8) is 0 Å². The van der Waals surface area contributed by atoms with E-state index in [0.717, 1.165) is 29.4 Å². The van der Waals surface area contributed by atoms with Crippen LogP contribution >= 0.6 is 11.6 Å². The van der Waals surface area contributed by atoms with Gasteiger partial charge in [-0.05, 0) is 42.5 Å². The zero-order chi connectivity index (χ0) is 17.2. The second-order valence-corrected chi connectivity index (χ2v) is 6.57. The highest BCUT2D eigenvalue weighted by Gasteiger charge is 2.24. The maximum absolute atomic E-state index is 12.6. The second kappa shape index (κ2) is 6.72. The highest BCUT2D eigenvalue weighted by Crippen LogP contribution is 2.31. The first-order chi connectivity index (χ1) is 12.2. The van der Waals surface area contributed by atoms with Crippen molar-refractivity contribution in [2.24, 2.45) is 5.92 Å². The largest absolute Gasteiger partial charge is 0.477 e. The molecule has 1 aromatic carbocycles. The summed E-state index contributed by atoms with van der Waals surface area (Å²) in [6, 6.07) is 7.40. The molecule has 2 heterocycles. The summed E-state index contributed by atoms with van der Waals surface area (Å²) in [5, 5.41) is 3.21. The van der Waals surface area contributed by atoms with Crippen LogP contribution in [0.4, 0.5) is 0 Å². The number of nitrogens with one attached hydrogen (secondary N) is 2. The van der Waals surface area contributed by atoms with Crippen LogP contribution in [0.5, 0.6) is 5.88 Å². The number of rotatable bonds is 6. The third-order valence-electron chi connectivity index (χ3n) is 4.18. The molecule has 1 amide bonds. The smallest absolute Gasteiger partial charge is 0.258 e. The zero-order valence-corrected chi connectivity index (χ0v) is 14.2. The van der Waals surface area contributed by atoms with Gasteiger partial charge in [0.25, 0.3) is 5.91 Å². The van der Waals surface area contributed by atoms with Crippen LogP contribution in [-0.2, 0) is 6.54 Å². The molecule has 1 aliphatic carbocycles. The molecule has 25 heavy (non-hydrogen) atoms. The van der Waals surface area contributed by atoms with E-state index in [1.807, 2.05) is 18.2 Å². The van der Waals surface area contributed by atoms with Crippen molar-refractivity contribution in [1.82, 2.24) is 20.3 Å². The topological polar surface area (TPSA) is 79.9 Å². The molecule has 1 saturated carbocycles. The van der Waals surface area contributed by atoms with Gasteiger partial charge in [-0.3, -0.25) is 4.79 Å². The minimum absolute atomic E-state index is 0.283. The van der Waals surface area contributed by atoms with Gasteiger partial charge in [0.05, 0.1) is 29.0 Å². The van der Waals surface area contributed by atoms with E-state index < -0.39 is 0 Å². The van der Waals surface area contributed by atoms with Crippen LogP contribution in [0, 0.1) is 5.92 Å². The molecule has 0 bridgehead atoms. The first-order valence-corrected chi connectivity index (χ1v) is 8.56. The van der Waals surface area contributed by atoms with E-state index in [9.17, 15) is 4.79 Å². The number of aromatic amines is 1. The van der Waals surface area contributed by atoms with Crippen molar-refractivity contribution in [2.75, 3.05) is 6.61 Å². The van der Waals surface area contributed by atoms with E-state index >= 15 is 0 Å². The number of carbonyl (C=O) groups is 1. The Balaban J connectivity index is 1.47. The average Bonchev–Trinajstić information content (AvgIpc) is 3.33. The molecule has 1 fully saturated rings. The van der Waals surface area contributed by atoms with E-state index in [1.54, 1.807) is 18.6 Å². The zero-order valence-electron chi connectivity index (χ0n) is 13.5. The summed E-state index contributed by atoms with van der Waals surface area (Å²) in [4.78, 5) is 24.0. The summed E-state index contributed by atoms with van der Waals surface area (Å²) in [6.45, 7) is 0.943. The first kappa shape index (κ1) is 15.9. The Kier molecular flexibility index (Phi) is 4.28. The Morgan fingerprint density at radius 3 is 3.04 bits per heavy atom. The molecule has 7 heteroatoms. The molecule has 2 N–H and O–H groups in total. The molecule has 0 radical (unpaired) electrons. The van der Waals surface area contributed by atoms with Gasteiger partial charge in [0, 0.05) is 12.7 Å². The lowest BCUT2D eigenvalue weighted by Gasteiger charge is -2.12. The lowest BCUT2D eigenvalue weighted by Crippen LogP contribution is -2.24. The molecule has 0 saturated heterocycles. The fourth-order valence-corrected chi connectivity index (χ4v) is 2.80. The fourth-order valence-electron chi connectivity index (χ4n) is 2.57. The summed E-state index contributed by atoms with van der Waals surface area (Å²) in [6.07, 6.45) is 5.52. The lowest BCUT2D eigenvalue weighted by molar-refractivity contribution is 0.0945. The van der Waals surface area contributed by atoms with Crippen molar-refractivity contribution in [2.45, 2.75) is 19.4 Å². The van der Waals surface area contributed by atoms with Gasteiger partial charge in [-0.15, -0.1) is 0 Å². The first-order valence-electron chi connectivity index (χ1n) is 8.18. The molecule has 128 valence electrons. The van der Waals surface area contributed by atoms with Gasteiger partial charge in [0.2, 0.25) is 5.88 Å². The number of nitrogens with zero attached hydrogens (tertiary/aromatic N) is 2. The molecule has 3 aromatic rings. The predicted molar refractivity (Wildman–Crippen MR) is 94.7 cm³/mol. The molecular weight excluding hydrogens is 340 g/mol. The SMILES string of the molecule is O=C(NCc1ccc2[nH]cnc2c1)c1c(Cl)ccnc1OCC1CC1. The van der Waals surface area contributed by atoms with E-state index in [4.69, 9.17) is 16.3 Å². The number of carbonyl (C=O) groups excluding carboxylic acids is 1. The number of hydrogen-bond acceptors (Lipinski definition) is 4. The Labute approximate surface area is 149 Å². The summed E-state index contributed by atoms with van der Waals surface area (Å²) >= 11 is 6.21. The van der Waals surface area contributed by atoms with Crippen LogP contribution in [0.2, 0.25) is 5.02 Å². The summed E-state index contributed by atoms with van der Waals surface area (Å²) in [5.74, 6) is 0.558. The molecule has 0 atom stereocenters. The molecule has 1 aliphatic rings. The maximum atomic E-state index is 12.6. The Hall–Kier alpha value is -2.60. The highest BCUT2D eigenvalue weighted by molar-refractivity contribution is 6.34. The normalized spacial score (nSPS) is 13.8. The van der Waals surface area contributed by atoms with E-state index in [-0.39, 0.29) is 11.5 Å². The molecular formula is C18H17ClN4O2. The molecule has 0 aliphatic heterocycles. The minimum atomic E-state index is -0.300. The second-order valence-electron chi connectivity index (χ2n) is 6.16. The third kappa shape index (κ3) is 3.58. The molecule has 0 unspecified atom stereocenters. The molecule has 4 rings (SSSR count). The van der Waals surface area contributed by atoms with Crippen LogP contribution in [0.25, 0.3) is 11.0 Å². The standard InChI is InChI=1S/C18H17ClN4O2/c19-13-5-6-20-18(25-9-11-1-2-11)16(13)17(24)21-8-12-3-4-14-15(7-12)23-10-22-14/h3-7,10-11H,1-2,8-9H2,(H,21,24)(H,22,23). The number of fused-ring (bicyclic) bond motifs is 1. The number of H-pyrrole nitrogens is 1. The van der Waals surface area contributed by atoms with Gasteiger partial charge in [-0.25, -0.2) is 9.97 Å². The quantitative estimate of drug-likeness (QED) is 0.710. The Morgan fingerprint density at radius 1 is 1.32 bits per heavy atom. The summed E-state index contributed by atoms with van der Waals surface area (Å²) in [5.41, 5.74) is 3.06. The molecule has 6 nitrogen and oxygen atoms in total. The number of ether oxygens (including phenoxy) is 1. The fraction of sp³-hybridized carbons (Fsp3) is 0.278. The Bertz CT molecular complexity index is 920. The number of pyridine rings is 1. The van der Waals surface area contributed by atoms with Gasteiger partial charge < -0.3 is 15.0 Å². The van der Waals surface area contributed by atoms with Crippen molar-refractivity contribution < 1.29 is 9.53 Å². The van der Waals surface area contributed by atoms with E-state index in [0.29, 0.717) is 30.0 Å². The third-order valence-corrected chi connectivity index (χ3v) is 4.50. The van der Waals surface area contributed by atoms with Crippen molar-refractivity contribution in [3.8, 4) is 5.88 Å². The van der Waals surface area contributed by atoms with Gasteiger partial charge in [-0.1, -0.05) is 17.7 Å². The van der Waals surface area contributed by atoms with Crippen LogP contribution in [0.15, 0.2) is 36.8 Å². The monoisotopic (exact) mass is 356 g/mol. The number of benzene rings is 1. The molecule has 2 aromatic heterocycles. The lowest BCUT2D eigenvalue weighted by atomic mass is 10.2. The van der Waals surface area contributed by atoms with E-state index in [2.05, 4.69) is 20.3 Å². The predicted octanol–water partition coefficient (Wildman–Crippen LogP) is 3.33. The maximum Gasteiger partial charge on any atom is 0.258 e. The average molecular weight is 357 g/mol. The number of hydrogen-bond donors (Lipinski definition) is 2. The van der Waals surface area contributed by atoms with Gasteiger partial charge in [0.1, 0.15) is 5.56 Å². The van der Waals surface area contributed by atoms with Gasteiger partial charge in [0.15, 0.2) is 0 Å². The van der Waals surface area contributed by atoms with Crippen molar-refractivity contribution in [1.29, 1.82) is 0 Å². The number of aromatic nitrogens is 3. The van der Waals surface area contributed by atoms with Crippen LogP contribution in [0.1, 0.15) is 28.8 Å². The van der Waals surface area contributed by atoms with Gasteiger partial charge in [-0.2, -0.15) is 0 Å².